The number of carbonyl (C=O) groups is 1. The fourth-order valence-corrected chi connectivity index (χ4v) is 4.93. The fraction of sp³-hybridized carbons (Fsp3) is 0.0909. The SMILES string of the molecule is C/C(=N/NC(=O)CN(c1ccc(I)cc1)S(=O)(=O)c1ccccc1)c1cccc(Br)c1. The highest BCUT2D eigenvalue weighted by atomic mass is 127. The number of amides is 1. The van der Waals surface area contributed by atoms with E-state index in [1.54, 1.807) is 49.4 Å². The number of nitrogens with one attached hydrogen (secondary N) is 1. The first-order valence-electron chi connectivity index (χ1n) is 9.20. The minimum atomic E-state index is -3.94. The molecule has 0 heterocycles. The lowest BCUT2D eigenvalue weighted by molar-refractivity contribution is -0.119. The van der Waals surface area contributed by atoms with E-state index in [0.717, 1.165) is 17.9 Å². The van der Waals surface area contributed by atoms with E-state index in [0.29, 0.717) is 11.4 Å². The fourth-order valence-electron chi connectivity index (χ4n) is 2.73. The van der Waals surface area contributed by atoms with Crippen molar-refractivity contribution in [2.45, 2.75) is 11.8 Å². The molecule has 3 rings (SSSR count). The Morgan fingerprint density at radius 1 is 1.03 bits per heavy atom. The van der Waals surface area contributed by atoms with Crippen LogP contribution < -0.4 is 9.73 Å². The van der Waals surface area contributed by atoms with Gasteiger partial charge >= 0.3 is 0 Å². The van der Waals surface area contributed by atoms with Crippen molar-refractivity contribution in [1.29, 1.82) is 0 Å². The number of benzene rings is 3. The number of anilines is 1. The van der Waals surface area contributed by atoms with Crippen molar-refractivity contribution < 1.29 is 13.2 Å². The highest BCUT2D eigenvalue weighted by molar-refractivity contribution is 14.1. The van der Waals surface area contributed by atoms with Gasteiger partial charge in [-0.25, -0.2) is 13.8 Å². The molecule has 3 aromatic rings. The maximum atomic E-state index is 13.3. The van der Waals surface area contributed by atoms with Gasteiger partial charge in [0, 0.05) is 8.04 Å². The molecule has 0 bridgehead atoms. The van der Waals surface area contributed by atoms with Crippen LogP contribution in [0.5, 0.6) is 0 Å². The van der Waals surface area contributed by atoms with Crippen LogP contribution in [-0.2, 0) is 14.8 Å². The number of carbonyl (C=O) groups excluding carboxylic acids is 1. The van der Waals surface area contributed by atoms with Gasteiger partial charge in [-0.1, -0.05) is 46.3 Å². The summed E-state index contributed by atoms with van der Waals surface area (Å²) >= 11 is 5.54. The first kappa shape index (κ1) is 23.4. The Hall–Kier alpha value is -2.24. The number of halogens is 2. The van der Waals surface area contributed by atoms with Crippen molar-refractivity contribution in [3.05, 3.63) is 92.5 Å². The van der Waals surface area contributed by atoms with Gasteiger partial charge in [-0.2, -0.15) is 5.10 Å². The molecule has 0 spiro atoms. The predicted octanol–water partition coefficient (Wildman–Crippen LogP) is 4.79. The molecule has 0 fully saturated rings. The Morgan fingerprint density at radius 3 is 2.35 bits per heavy atom. The number of rotatable bonds is 7. The lowest BCUT2D eigenvalue weighted by Crippen LogP contribution is -2.39. The molecular formula is C22H19BrIN3O3S. The highest BCUT2D eigenvalue weighted by Gasteiger charge is 2.27. The van der Waals surface area contributed by atoms with Crippen LogP contribution in [0.15, 0.2) is 93.3 Å². The summed E-state index contributed by atoms with van der Waals surface area (Å²) in [7, 11) is -3.94. The first-order chi connectivity index (χ1) is 14.8. The lowest BCUT2D eigenvalue weighted by atomic mass is 10.1. The number of sulfonamides is 1. The third-order valence-electron chi connectivity index (χ3n) is 4.32. The molecule has 0 aromatic heterocycles. The monoisotopic (exact) mass is 611 g/mol. The van der Waals surface area contributed by atoms with Crippen LogP contribution in [0.1, 0.15) is 12.5 Å². The van der Waals surface area contributed by atoms with E-state index in [2.05, 4.69) is 49.0 Å². The molecule has 31 heavy (non-hydrogen) atoms. The topological polar surface area (TPSA) is 78.8 Å². The largest absolute Gasteiger partial charge is 0.271 e. The second kappa shape index (κ2) is 10.4. The molecule has 0 aliphatic heterocycles. The molecule has 0 saturated heterocycles. The van der Waals surface area contributed by atoms with Gasteiger partial charge in [-0.3, -0.25) is 9.10 Å². The molecule has 9 heteroatoms. The maximum absolute atomic E-state index is 13.3. The van der Waals surface area contributed by atoms with E-state index in [4.69, 9.17) is 0 Å². The molecular weight excluding hydrogens is 593 g/mol. The van der Waals surface area contributed by atoms with E-state index in [1.807, 2.05) is 24.3 Å². The normalized spacial score (nSPS) is 11.8. The summed E-state index contributed by atoms with van der Waals surface area (Å²) in [5.41, 5.74) is 4.29. The predicted molar refractivity (Wildman–Crippen MR) is 135 cm³/mol. The Morgan fingerprint density at radius 2 is 1.71 bits per heavy atom. The molecule has 1 N–H and O–H groups in total. The van der Waals surface area contributed by atoms with E-state index < -0.39 is 22.5 Å². The quantitative estimate of drug-likeness (QED) is 0.237. The van der Waals surface area contributed by atoms with E-state index in [1.165, 1.54) is 12.1 Å². The Bertz CT molecular complexity index is 1200. The maximum Gasteiger partial charge on any atom is 0.264 e. The minimum absolute atomic E-state index is 0.107. The van der Waals surface area contributed by atoms with Gasteiger partial charge in [0.25, 0.3) is 15.9 Å². The van der Waals surface area contributed by atoms with Gasteiger partial charge in [-0.05, 0) is 83.6 Å². The molecule has 3 aromatic carbocycles. The van der Waals surface area contributed by atoms with Gasteiger partial charge in [0.2, 0.25) is 0 Å². The van der Waals surface area contributed by atoms with Crippen LogP contribution in [0.3, 0.4) is 0 Å². The molecule has 0 unspecified atom stereocenters. The Labute approximate surface area is 203 Å². The van der Waals surface area contributed by atoms with Crippen molar-refractivity contribution in [3.8, 4) is 0 Å². The van der Waals surface area contributed by atoms with E-state index in [-0.39, 0.29) is 4.90 Å². The average Bonchev–Trinajstić information content (AvgIpc) is 2.77. The van der Waals surface area contributed by atoms with E-state index >= 15 is 0 Å². The smallest absolute Gasteiger partial charge is 0.264 e. The first-order valence-corrected chi connectivity index (χ1v) is 12.5. The van der Waals surface area contributed by atoms with E-state index in [9.17, 15) is 13.2 Å². The zero-order chi connectivity index (χ0) is 22.4. The van der Waals surface area contributed by atoms with Gasteiger partial charge in [0.05, 0.1) is 16.3 Å². The Balaban J connectivity index is 1.85. The third-order valence-corrected chi connectivity index (χ3v) is 7.32. The summed E-state index contributed by atoms with van der Waals surface area (Å²) < 4.78 is 29.4. The summed E-state index contributed by atoms with van der Waals surface area (Å²) in [6, 6.07) is 22.5. The van der Waals surface area contributed by atoms with Crippen LogP contribution >= 0.6 is 38.5 Å². The highest BCUT2D eigenvalue weighted by Crippen LogP contribution is 2.24. The number of hydrazone groups is 1. The number of hydrogen-bond donors (Lipinski definition) is 1. The molecule has 160 valence electrons. The lowest BCUT2D eigenvalue weighted by Gasteiger charge is -2.23. The van der Waals surface area contributed by atoms with Crippen LogP contribution in [0.4, 0.5) is 5.69 Å². The zero-order valence-corrected chi connectivity index (χ0v) is 21.1. The summed E-state index contributed by atoms with van der Waals surface area (Å²) in [6.45, 7) is 1.35. The summed E-state index contributed by atoms with van der Waals surface area (Å²) in [6.07, 6.45) is 0. The summed E-state index contributed by atoms with van der Waals surface area (Å²) in [5.74, 6) is -0.549. The second-order valence-electron chi connectivity index (χ2n) is 6.54. The third kappa shape index (κ3) is 6.14. The van der Waals surface area contributed by atoms with Gasteiger partial charge in [-0.15, -0.1) is 0 Å². The van der Waals surface area contributed by atoms with Crippen LogP contribution in [0.2, 0.25) is 0 Å². The molecule has 0 radical (unpaired) electrons. The van der Waals surface area contributed by atoms with Crippen molar-refractivity contribution >= 4 is 65.9 Å². The molecule has 0 aliphatic rings. The van der Waals surface area contributed by atoms with Crippen molar-refractivity contribution in [3.63, 3.8) is 0 Å². The van der Waals surface area contributed by atoms with Gasteiger partial charge < -0.3 is 0 Å². The molecule has 0 aliphatic carbocycles. The summed E-state index contributed by atoms with van der Waals surface area (Å²) in [5, 5.41) is 4.12. The standard InChI is InChI=1S/C22H19BrIN3O3S/c1-16(17-6-5-7-18(23)14-17)25-26-22(28)15-27(20-12-10-19(24)11-13-20)31(29,30)21-8-3-2-4-9-21/h2-14H,15H2,1H3,(H,26,28)/b25-16-. The molecule has 6 nitrogen and oxygen atoms in total. The van der Waals surface area contributed by atoms with Gasteiger partial charge in [0.15, 0.2) is 0 Å². The zero-order valence-electron chi connectivity index (χ0n) is 16.5. The Kier molecular flexibility index (Phi) is 7.84. The van der Waals surface area contributed by atoms with Crippen LogP contribution in [0, 0.1) is 3.57 Å². The van der Waals surface area contributed by atoms with Gasteiger partial charge in [0.1, 0.15) is 6.54 Å². The van der Waals surface area contributed by atoms with Crippen molar-refractivity contribution in [1.82, 2.24) is 5.43 Å². The second-order valence-corrected chi connectivity index (χ2v) is 10.6. The van der Waals surface area contributed by atoms with Crippen molar-refractivity contribution in [2.75, 3.05) is 10.8 Å². The van der Waals surface area contributed by atoms with Crippen LogP contribution in [0.25, 0.3) is 0 Å². The molecule has 1 amide bonds. The van der Waals surface area contributed by atoms with Crippen molar-refractivity contribution in [2.24, 2.45) is 5.10 Å². The number of nitrogens with zero attached hydrogens (tertiary/aromatic N) is 2. The summed E-state index contributed by atoms with van der Waals surface area (Å²) in [4.78, 5) is 12.7. The molecule has 0 atom stereocenters. The minimum Gasteiger partial charge on any atom is -0.271 e. The van der Waals surface area contributed by atoms with Crippen LogP contribution in [-0.4, -0.2) is 26.6 Å². The average molecular weight is 612 g/mol. The number of hydrogen-bond acceptors (Lipinski definition) is 4. The molecule has 0 saturated carbocycles.